The minimum absolute atomic E-state index is 0.0187. The molecule has 0 atom stereocenters. The lowest BCUT2D eigenvalue weighted by Crippen LogP contribution is -2.47. The first-order chi connectivity index (χ1) is 11.3. The van der Waals surface area contributed by atoms with Crippen molar-refractivity contribution < 1.29 is 9.32 Å². The Bertz CT molecular complexity index is 549. The summed E-state index contributed by atoms with van der Waals surface area (Å²) in [6.07, 6.45) is 0. The second-order valence-corrected chi connectivity index (χ2v) is 6.66. The van der Waals surface area contributed by atoms with E-state index in [1.165, 1.54) is 0 Å². The Labute approximate surface area is 144 Å². The van der Waals surface area contributed by atoms with Gasteiger partial charge < -0.3 is 20.5 Å². The molecule has 0 saturated heterocycles. The van der Waals surface area contributed by atoms with Crippen molar-refractivity contribution in [1.82, 2.24) is 21.1 Å². The molecule has 7 heteroatoms. The molecule has 0 aromatic carbocycles. The first kappa shape index (κ1) is 20.0. The minimum atomic E-state index is -0.525. The Morgan fingerprint density at radius 1 is 1.25 bits per heavy atom. The van der Waals surface area contributed by atoms with Crippen LogP contribution in [0.2, 0.25) is 0 Å². The molecule has 0 unspecified atom stereocenters. The van der Waals surface area contributed by atoms with Crippen molar-refractivity contribution in [2.45, 2.75) is 54.0 Å². The monoisotopic (exact) mass is 337 g/mol. The maximum absolute atomic E-state index is 12.0. The quantitative estimate of drug-likeness (QED) is 0.498. The summed E-state index contributed by atoms with van der Waals surface area (Å²) in [5.74, 6) is 1.72. The number of hydrogen-bond donors (Lipinski definition) is 3. The van der Waals surface area contributed by atoms with E-state index < -0.39 is 5.41 Å². The molecule has 136 valence electrons. The summed E-state index contributed by atoms with van der Waals surface area (Å²) in [5.41, 5.74) is 0.402. The molecule has 0 saturated carbocycles. The Morgan fingerprint density at radius 3 is 2.46 bits per heavy atom. The molecule has 0 fully saturated rings. The molecule has 0 aliphatic rings. The van der Waals surface area contributed by atoms with E-state index >= 15 is 0 Å². The van der Waals surface area contributed by atoms with Gasteiger partial charge in [0.1, 0.15) is 6.54 Å². The molecule has 24 heavy (non-hydrogen) atoms. The van der Waals surface area contributed by atoms with Gasteiger partial charge in [-0.25, -0.2) is 4.99 Å². The maximum Gasteiger partial charge on any atom is 0.227 e. The highest BCUT2D eigenvalue weighted by atomic mass is 16.5. The van der Waals surface area contributed by atoms with Crippen molar-refractivity contribution in [2.75, 3.05) is 19.6 Å². The maximum atomic E-state index is 12.0. The molecule has 0 radical (unpaired) electrons. The second-order valence-electron chi connectivity index (χ2n) is 6.66. The van der Waals surface area contributed by atoms with E-state index in [9.17, 15) is 4.79 Å². The molecular weight excluding hydrogens is 306 g/mol. The lowest BCUT2D eigenvalue weighted by atomic mass is 9.92. The summed E-state index contributed by atoms with van der Waals surface area (Å²) in [6.45, 7) is 14.1. The third-order valence-corrected chi connectivity index (χ3v) is 3.56. The predicted molar refractivity (Wildman–Crippen MR) is 95.9 cm³/mol. The van der Waals surface area contributed by atoms with E-state index in [-0.39, 0.29) is 5.91 Å². The van der Waals surface area contributed by atoms with E-state index in [2.05, 4.69) is 39.9 Å². The van der Waals surface area contributed by atoms with Crippen molar-refractivity contribution in [3.8, 4) is 0 Å². The van der Waals surface area contributed by atoms with E-state index in [0.29, 0.717) is 31.5 Å². The number of nitrogens with one attached hydrogen (secondary N) is 3. The number of aliphatic imine (C=N–C) groups is 1. The fourth-order valence-corrected chi connectivity index (χ4v) is 1.96. The van der Waals surface area contributed by atoms with Crippen molar-refractivity contribution in [1.29, 1.82) is 0 Å². The number of carbonyl (C=O) groups is 1. The van der Waals surface area contributed by atoms with Gasteiger partial charge in [0, 0.05) is 25.7 Å². The van der Waals surface area contributed by atoms with Gasteiger partial charge >= 0.3 is 0 Å². The molecule has 1 heterocycles. The summed E-state index contributed by atoms with van der Waals surface area (Å²) in [5, 5.41) is 13.3. The van der Waals surface area contributed by atoms with Crippen LogP contribution in [-0.2, 0) is 11.3 Å². The Kier molecular flexibility index (Phi) is 7.74. The fourth-order valence-electron chi connectivity index (χ4n) is 1.96. The van der Waals surface area contributed by atoms with Gasteiger partial charge in [0.2, 0.25) is 5.91 Å². The zero-order valence-electron chi connectivity index (χ0n) is 15.7. The molecule has 3 N–H and O–H groups in total. The second kappa shape index (κ2) is 9.30. The highest BCUT2D eigenvalue weighted by Gasteiger charge is 2.27. The summed E-state index contributed by atoms with van der Waals surface area (Å²) in [7, 11) is 0. The van der Waals surface area contributed by atoms with Crippen LogP contribution in [0, 0.1) is 5.41 Å². The highest BCUT2D eigenvalue weighted by molar-refractivity contribution is 5.84. The summed E-state index contributed by atoms with van der Waals surface area (Å²) >= 11 is 0. The first-order valence-electron chi connectivity index (χ1n) is 8.56. The largest absolute Gasteiger partial charge is 0.359 e. The Hall–Kier alpha value is -2.05. The fraction of sp³-hybridized carbons (Fsp3) is 0.706. The van der Waals surface area contributed by atoms with Gasteiger partial charge in [-0.2, -0.15) is 0 Å². The molecule has 0 bridgehead atoms. The van der Waals surface area contributed by atoms with E-state index in [0.717, 1.165) is 18.0 Å². The number of rotatable bonds is 8. The van der Waals surface area contributed by atoms with Crippen LogP contribution in [0.5, 0.6) is 0 Å². The third-order valence-electron chi connectivity index (χ3n) is 3.56. The van der Waals surface area contributed by atoms with E-state index in [1.54, 1.807) is 0 Å². The smallest absolute Gasteiger partial charge is 0.227 e. The molecular formula is C17H31N5O2. The number of carbonyl (C=O) groups excluding carboxylic acids is 1. The Morgan fingerprint density at radius 2 is 1.92 bits per heavy atom. The van der Waals surface area contributed by atoms with Gasteiger partial charge in [0.15, 0.2) is 11.7 Å². The summed E-state index contributed by atoms with van der Waals surface area (Å²) in [6, 6.07) is 1.93. The van der Waals surface area contributed by atoms with Crippen molar-refractivity contribution in [2.24, 2.45) is 10.4 Å². The average molecular weight is 337 g/mol. The van der Waals surface area contributed by atoms with Gasteiger partial charge in [0.05, 0.1) is 11.1 Å². The third kappa shape index (κ3) is 6.22. The topological polar surface area (TPSA) is 91.5 Å². The van der Waals surface area contributed by atoms with Gasteiger partial charge in [-0.3, -0.25) is 4.79 Å². The molecule has 0 aliphatic carbocycles. The van der Waals surface area contributed by atoms with Crippen LogP contribution in [0.1, 0.15) is 58.9 Å². The molecule has 1 aromatic heterocycles. The lowest BCUT2D eigenvalue weighted by Gasteiger charge is -2.24. The van der Waals surface area contributed by atoms with Gasteiger partial charge in [-0.1, -0.05) is 19.0 Å². The first-order valence-corrected chi connectivity index (χ1v) is 8.56. The van der Waals surface area contributed by atoms with Crippen LogP contribution in [0.4, 0.5) is 0 Å². The van der Waals surface area contributed by atoms with Crippen LogP contribution >= 0.6 is 0 Å². The number of guanidine groups is 1. The molecule has 7 nitrogen and oxygen atoms in total. The van der Waals surface area contributed by atoms with Crippen LogP contribution < -0.4 is 16.0 Å². The highest BCUT2D eigenvalue weighted by Crippen LogP contribution is 2.15. The molecule has 0 aliphatic heterocycles. The van der Waals surface area contributed by atoms with Crippen LogP contribution in [0.25, 0.3) is 0 Å². The zero-order chi connectivity index (χ0) is 18.2. The Balaban J connectivity index is 2.66. The van der Waals surface area contributed by atoms with E-state index in [1.807, 2.05) is 33.8 Å². The van der Waals surface area contributed by atoms with Crippen molar-refractivity contribution in [3.63, 3.8) is 0 Å². The van der Waals surface area contributed by atoms with Crippen LogP contribution in [0.15, 0.2) is 15.6 Å². The number of nitrogens with zero attached hydrogens (tertiary/aromatic N) is 2. The SMILES string of the molecule is CCNC(=O)C(C)(C)CNC(=NCc1cc(C(C)C)no1)NCC. The lowest BCUT2D eigenvalue weighted by molar-refractivity contribution is -0.128. The molecule has 1 aromatic rings. The standard InChI is InChI=1S/C17H31N5O2/c1-7-18-15(23)17(5,6)11-21-16(19-8-2)20-10-13-9-14(12(3)4)22-24-13/h9,12H,7-8,10-11H2,1-6H3,(H,18,23)(H2,19,20,21). The predicted octanol–water partition coefficient (Wildman–Crippen LogP) is 2.02. The minimum Gasteiger partial charge on any atom is -0.359 e. The van der Waals surface area contributed by atoms with Gasteiger partial charge in [0.25, 0.3) is 0 Å². The van der Waals surface area contributed by atoms with E-state index in [4.69, 9.17) is 4.52 Å². The van der Waals surface area contributed by atoms with Gasteiger partial charge in [-0.15, -0.1) is 0 Å². The van der Waals surface area contributed by atoms with Crippen molar-refractivity contribution >= 4 is 11.9 Å². The number of hydrogen-bond acceptors (Lipinski definition) is 4. The molecule has 1 amide bonds. The van der Waals surface area contributed by atoms with Crippen molar-refractivity contribution in [3.05, 3.63) is 17.5 Å². The molecule has 1 rings (SSSR count). The normalized spacial score (nSPS) is 12.4. The average Bonchev–Trinajstić information content (AvgIpc) is 2.99. The summed E-state index contributed by atoms with van der Waals surface area (Å²) < 4.78 is 5.29. The van der Waals surface area contributed by atoms with Gasteiger partial charge in [-0.05, 0) is 33.6 Å². The van der Waals surface area contributed by atoms with Crippen LogP contribution in [0.3, 0.4) is 0 Å². The number of amides is 1. The van der Waals surface area contributed by atoms with Crippen LogP contribution in [-0.4, -0.2) is 36.7 Å². The zero-order valence-corrected chi connectivity index (χ0v) is 15.7. The molecule has 0 spiro atoms. The summed E-state index contributed by atoms with van der Waals surface area (Å²) in [4.78, 5) is 16.5. The number of aromatic nitrogens is 1.